The number of nitrogen functional groups attached to an aromatic ring is 1. The molecule has 0 aliphatic heterocycles. The molecule has 0 aliphatic rings. The van der Waals surface area contributed by atoms with Crippen LogP contribution in [0.1, 0.15) is 20.8 Å². The van der Waals surface area contributed by atoms with Gasteiger partial charge in [-0.05, 0) is 29.4 Å². The highest BCUT2D eigenvalue weighted by atomic mass is 16.6. The van der Waals surface area contributed by atoms with Crippen molar-refractivity contribution in [3.8, 4) is 0 Å². The van der Waals surface area contributed by atoms with Crippen LogP contribution in [0, 0.1) is 0 Å². The molecule has 2 aromatic rings. The smallest absolute Gasteiger partial charge is 0.282 e. The second kappa shape index (κ2) is 4.44. The minimum Gasteiger partial charge on any atom is -0.399 e. The van der Waals surface area contributed by atoms with Crippen LogP contribution >= 0.6 is 0 Å². The molecule has 2 rings (SSSR count). The van der Waals surface area contributed by atoms with E-state index in [4.69, 9.17) is 5.73 Å². The van der Waals surface area contributed by atoms with Crippen molar-refractivity contribution in [3.63, 3.8) is 0 Å². The zero-order valence-corrected chi connectivity index (χ0v) is 8.58. The summed E-state index contributed by atoms with van der Waals surface area (Å²) in [5.41, 5.74) is 6.27. The molecule has 0 aliphatic carbocycles. The highest BCUT2D eigenvalue weighted by Crippen LogP contribution is 2.05. The summed E-state index contributed by atoms with van der Waals surface area (Å²) in [7, 11) is 0. The maximum Gasteiger partial charge on any atom is 0.282 e. The molecule has 3 N–H and O–H groups in total. The number of carbonyl (C=O) groups is 2. The monoisotopic (exact) mass is 232 g/mol. The number of benzene rings is 1. The lowest BCUT2D eigenvalue weighted by molar-refractivity contribution is 0.0844. The van der Waals surface area contributed by atoms with Crippen LogP contribution < -0.4 is 11.1 Å². The summed E-state index contributed by atoms with van der Waals surface area (Å²) in [5.74, 6) is -1.22. The Morgan fingerprint density at radius 3 is 2.47 bits per heavy atom. The summed E-state index contributed by atoms with van der Waals surface area (Å²) in [5, 5.41) is 8.70. The molecule has 0 unspecified atom stereocenters. The zero-order chi connectivity index (χ0) is 12.3. The van der Waals surface area contributed by atoms with Crippen molar-refractivity contribution < 1.29 is 14.2 Å². The number of anilines is 1. The molecule has 1 aromatic heterocycles. The van der Waals surface area contributed by atoms with Gasteiger partial charge in [-0.25, -0.2) is 4.63 Å². The Labute approximate surface area is 95.6 Å². The van der Waals surface area contributed by atoms with E-state index in [1.54, 1.807) is 12.1 Å². The van der Waals surface area contributed by atoms with Crippen molar-refractivity contribution in [2.75, 3.05) is 5.73 Å². The largest absolute Gasteiger partial charge is 0.399 e. The van der Waals surface area contributed by atoms with Gasteiger partial charge in [-0.15, -0.1) is 0 Å². The molecule has 86 valence electrons. The van der Waals surface area contributed by atoms with Crippen molar-refractivity contribution in [2.45, 2.75) is 0 Å². The van der Waals surface area contributed by atoms with E-state index < -0.39 is 11.8 Å². The van der Waals surface area contributed by atoms with Gasteiger partial charge in [-0.3, -0.25) is 14.9 Å². The van der Waals surface area contributed by atoms with Gasteiger partial charge in [-0.2, -0.15) is 0 Å². The number of nitrogens with one attached hydrogen (secondary N) is 1. The molecule has 0 radical (unpaired) electrons. The lowest BCUT2D eigenvalue weighted by Crippen LogP contribution is -2.30. The third-order valence-corrected chi connectivity index (χ3v) is 1.99. The fourth-order valence-corrected chi connectivity index (χ4v) is 1.14. The third-order valence-electron chi connectivity index (χ3n) is 1.99. The van der Waals surface area contributed by atoms with Gasteiger partial charge < -0.3 is 5.73 Å². The number of nitrogens with zero attached hydrogens (tertiary/aromatic N) is 2. The standard InChI is InChI=1S/C10H8N4O3/c11-7-3-1-6(2-4-7)9(15)13-10(16)8-5-12-17-14-8/h1-5H,11H2,(H,13,15,16). The fraction of sp³-hybridized carbons (Fsp3) is 0. The number of nitrogens with two attached hydrogens (primary N) is 1. The number of rotatable bonds is 2. The third kappa shape index (κ3) is 2.46. The van der Waals surface area contributed by atoms with E-state index in [2.05, 4.69) is 20.3 Å². The molecule has 7 heteroatoms. The Morgan fingerprint density at radius 1 is 1.18 bits per heavy atom. The van der Waals surface area contributed by atoms with Crippen LogP contribution in [-0.2, 0) is 0 Å². The first-order chi connectivity index (χ1) is 8.16. The van der Waals surface area contributed by atoms with Gasteiger partial charge in [-0.1, -0.05) is 5.16 Å². The minimum absolute atomic E-state index is 0.0613. The molecule has 0 atom stereocenters. The first kappa shape index (κ1) is 10.8. The first-order valence-electron chi connectivity index (χ1n) is 4.65. The maximum atomic E-state index is 11.6. The molecule has 0 fully saturated rings. The summed E-state index contributed by atoms with van der Waals surface area (Å²) in [6.07, 6.45) is 1.12. The Balaban J connectivity index is 2.07. The molecule has 2 amide bonds. The van der Waals surface area contributed by atoms with Crippen molar-refractivity contribution in [1.29, 1.82) is 0 Å². The summed E-state index contributed by atoms with van der Waals surface area (Å²) < 4.78 is 4.25. The molecule has 1 aromatic carbocycles. The first-order valence-corrected chi connectivity index (χ1v) is 4.65. The molecule has 7 nitrogen and oxygen atoms in total. The average molecular weight is 232 g/mol. The molecular formula is C10H8N4O3. The molecule has 0 saturated carbocycles. The molecule has 0 spiro atoms. The number of hydrogen-bond acceptors (Lipinski definition) is 6. The van der Waals surface area contributed by atoms with E-state index in [1.165, 1.54) is 12.1 Å². The fourth-order valence-electron chi connectivity index (χ4n) is 1.14. The van der Waals surface area contributed by atoms with Gasteiger partial charge in [0.2, 0.25) is 0 Å². The van der Waals surface area contributed by atoms with E-state index in [0.29, 0.717) is 11.3 Å². The van der Waals surface area contributed by atoms with Crippen molar-refractivity contribution >= 4 is 17.5 Å². The van der Waals surface area contributed by atoms with Gasteiger partial charge >= 0.3 is 0 Å². The van der Waals surface area contributed by atoms with E-state index in [-0.39, 0.29) is 5.69 Å². The Kier molecular flexibility index (Phi) is 2.82. The molecule has 0 saturated heterocycles. The van der Waals surface area contributed by atoms with Gasteiger partial charge in [0.15, 0.2) is 5.69 Å². The van der Waals surface area contributed by atoms with Crippen LogP contribution in [0.5, 0.6) is 0 Å². The van der Waals surface area contributed by atoms with Crippen molar-refractivity contribution in [3.05, 3.63) is 41.7 Å². The van der Waals surface area contributed by atoms with Crippen molar-refractivity contribution in [2.24, 2.45) is 0 Å². The molecule has 0 bridgehead atoms. The SMILES string of the molecule is Nc1ccc(C(=O)NC(=O)c2cnon2)cc1. The predicted molar refractivity (Wildman–Crippen MR) is 56.9 cm³/mol. The summed E-state index contributed by atoms with van der Waals surface area (Å²) in [6.45, 7) is 0. The number of imide groups is 1. The predicted octanol–water partition coefficient (Wildman–Crippen LogP) is 0.222. The summed E-state index contributed by atoms with van der Waals surface area (Å²) in [6, 6.07) is 6.16. The Morgan fingerprint density at radius 2 is 1.88 bits per heavy atom. The van der Waals surface area contributed by atoms with E-state index >= 15 is 0 Å². The van der Waals surface area contributed by atoms with Crippen LogP contribution in [0.15, 0.2) is 35.1 Å². The molecular weight excluding hydrogens is 224 g/mol. The van der Waals surface area contributed by atoms with E-state index in [0.717, 1.165) is 6.20 Å². The lowest BCUT2D eigenvalue weighted by atomic mass is 10.2. The topological polar surface area (TPSA) is 111 Å². The van der Waals surface area contributed by atoms with Gasteiger partial charge in [0.25, 0.3) is 11.8 Å². The van der Waals surface area contributed by atoms with Gasteiger partial charge in [0.05, 0.1) is 0 Å². The number of hydrogen-bond donors (Lipinski definition) is 2. The number of amides is 2. The Bertz CT molecular complexity index is 533. The quantitative estimate of drug-likeness (QED) is 0.566. The van der Waals surface area contributed by atoms with E-state index in [1.807, 2.05) is 0 Å². The maximum absolute atomic E-state index is 11.6. The van der Waals surface area contributed by atoms with Crippen LogP contribution in [0.3, 0.4) is 0 Å². The summed E-state index contributed by atoms with van der Waals surface area (Å²) in [4.78, 5) is 23.0. The van der Waals surface area contributed by atoms with Crippen molar-refractivity contribution in [1.82, 2.24) is 15.6 Å². The average Bonchev–Trinajstić information content (AvgIpc) is 2.83. The second-order valence-corrected chi connectivity index (χ2v) is 3.20. The zero-order valence-electron chi connectivity index (χ0n) is 8.58. The Hall–Kier alpha value is -2.70. The lowest BCUT2D eigenvalue weighted by Gasteiger charge is -2.01. The number of carbonyl (C=O) groups excluding carboxylic acids is 2. The second-order valence-electron chi connectivity index (χ2n) is 3.20. The normalized spacial score (nSPS) is 9.88. The van der Waals surface area contributed by atoms with Gasteiger partial charge in [0, 0.05) is 11.3 Å². The summed E-state index contributed by atoms with van der Waals surface area (Å²) >= 11 is 0. The molecule has 17 heavy (non-hydrogen) atoms. The van der Waals surface area contributed by atoms with Crippen LogP contribution in [0.2, 0.25) is 0 Å². The number of aromatic nitrogens is 2. The molecule has 1 heterocycles. The van der Waals surface area contributed by atoms with Crippen LogP contribution in [0.4, 0.5) is 5.69 Å². The van der Waals surface area contributed by atoms with Gasteiger partial charge in [0.1, 0.15) is 6.20 Å². The van der Waals surface area contributed by atoms with E-state index in [9.17, 15) is 9.59 Å². The van der Waals surface area contributed by atoms with Crippen LogP contribution in [0.25, 0.3) is 0 Å². The minimum atomic E-state index is -0.673. The highest BCUT2D eigenvalue weighted by Gasteiger charge is 2.14. The highest BCUT2D eigenvalue weighted by molar-refractivity contribution is 6.09. The van der Waals surface area contributed by atoms with Crippen LogP contribution in [-0.4, -0.2) is 22.1 Å².